The fourth-order valence-electron chi connectivity index (χ4n) is 3.92. The maximum absolute atomic E-state index is 12.6. The summed E-state index contributed by atoms with van der Waals surface area (Å²) in [6.07, 6.45) is 5.43. The first-order valence-corrected chi connectivity index (χ1v) is 9.68. The van der Waals surface area contributed by atoms with Crippen molar-refractivity contribution >= 4 is 5.91 Å². The van der Waals surface area contributed by atoms with Crippen molar-refractivity contribution in [3.63, 3.8) is 0 Å². The molecule has 4 rings (SSSR count). The molecular formula is C20H26N4O2. The summed E-state index contributed by atoms with van der Waals surface area (Å²) in [7, 11) is 0. The van der Waals surface area contributed by atoms with E-state index in [1.165, 1.54) is 6.42 Å². The molecule has 0 N–H and O–H groups in total. The van der Waals surface area contributed by atoms with E-state index in [9.17, 15) is 4.79 Å². The number of nitrogens with zero attached hydrogens (tertiary/aromatic N) is 4. The lowest BCUT2D eigenvalue weighted by atomic mass is 9.94. The molecule has 1 aromatic carbocycles. The van der Waals surface area contributed by atoms with E-state index in [1.807, 2.05) is 30.3 Å². The zero-order valence-corrected chi connectivity index (χ0v) is 15.1. The molecule has 0 spiro atoms. The molecule has 2 fully saturated rings. The lowest BCUT2D eigenvalue weighted by Crippen LogP contribution is -2.44. The predicted octanol–water partition coefficient (Wildman–Crippen LogP) is 2.96. The summed E-state index contributed by atoms with van der Waals surface area (Å²) >= 11 is 0. The lowest BCUT2D eigenvalue weighted by molar-refractivity contribution is -0.138. The van der Waals surface area contributed by atoms with Gasteiger partial charge in [0.05, 0.1) is 6.54 Å². The van der Waals surface area contributed by atoms with E-state index in [1.54, 1.807) is 0 Å². The number of benzene rings is 1. The zero-order chi connectivity index (χ0) is 17.8. The van der Waals surface area contributed by atoms with Gasteiger partial charge in [-0.3, -0.25) is 9.69 Å². The molecule has 0 atom stereocenters. The molecule has 0 radical (unpaired) electrons. The minimum absolute atomic E-state index is 0.187. The molecule has 0 unspecified atom stereocenters. The average Bonchev–Trinajstić information content (AvgIpc) is 3.18. The van der Waals surface area contributed by atoms with Crippen LogP contribution in [0.15, 0.2) is 34.7 Å². The third-order valence-electron chi connectivity index (χ3n) is 5.45. The number of carbonyl (C=O) groups excluding carboxylic acids is 1. The molecule has 26 heavy (non-hydrogen) atoms. The highest BCUT2D eigenvalue weighted by Gasteiger charge is 2.29. The minimum Gasteiger partial charge on any atom is -0.419 e. The monoisotopic (exact) mass is 354 g/mol. The van der Waals surface area contributed by atoms with Gasteiger partial charge in [0.1, 0.15) is 0 Å². The summed E-state index contributed by atoms with van der Waals surface area (Å²) in [6.45, 7) is 4.37. The van der Waals surface area contributed by atoms with Gasteiger partial charge in [-0.1, -0.05) is 18.2 Å². The van der Waals surface area contributed by atoms with Crippen LogP contribution in [0, 0.1) is 5.92 Å². The maximum Gasteiger partial charge on any atom is 0.247 e. The first kappa shape index (κ1) is 17.2. The number of piperidine rings is 2. The van der Waals surface area contributed by atoms with Crippen LogP contribution in [0.5, 0.6) is 0 Å². The number of carbonyl (C=O) groups is 1. The van der Waals surface area contributed by atoms with Gasteiger partial charge in [-0.05, 0) is 57.3 Å². The quantitative estimate of drug-likeness (QED) is 0.845. The number of likely N-dealkylation sites (tertiary alicyclic amines) is 2. The van der Waals surface area contributed by atoms with Crippen molar-refractivity contribution in [2.45, 2.75) is 38.6 Å². The second-order valence-electron chi connectivity index (χ2n) is 7.30. The van der Waals surface area contributed by atoms with Gasteiger partial charge in [-0.15, -0.1) is 10.2 Å². The molecule has 2 saturated heterocycles. The van der Waals surface area contributed by atoms with Gasteiger partial charge in [0.25, 0.3) is 0 Å². The first-order chi connectivity index (χ1) is 12.8. The van der Waals surface area contributed by atoms with E-state index in [-0.39, 0.29) is 5.92 Å². The Morgan fingerprint density at radius 2 is 1.73 bits per heavy atom. The van der Waals surface area contributed by atoms with Crippen molar-refractivity contribution in [3.8, 4) is 11.5 Å². The molecule has 0 saturated carbocycles. The van der Waals surface area contributed by atoms with Crippen LogP contribution in [0.25, 0.3) is 11.5 Å². The van der Waals surface area contributed by atoms with Gasteiger partial charge in [0, 0.05) is 24.6 Å². The van der Waals surface area contributed by atoms with Crippen molar-refractivity contribution in [2.24, 2.45) is 5.92 Å². The normalized spacial score (nSPS) is 19.6. The Morgan fingerprint density at radius 3 is 2.46 bits per heavy atom. The number of aromatic nitrogens is 2. The van der Waals surface area contributed by atoms with E-state index in [0.29, 0.717) is 24.2 Å². The smallest absolute Gasteiger partial charge is 0.247 e. The SMILES string of the molecule is O=C(C1CCN(Cc2nnc(-c3ccccc3)o2)CC1)N1CCCCC1. The highest BCUT2D eigenvalue weighted by molar-refractivity contribution is 5.79. The Balaban J connectivity index is 1.29. The molecule has 138 valence electrons. The standard InChI is InChI=1S/C20H26N4O2/c25-20(24-11-5-2-6-12-24)17-9-13-23(14-10-17)15-18-21-22-19(26-18)16-7-3-1-4-8-16/h1,3-4,7-8,17H,2,5-6,9-15H2. The molecule has 2 aromatic rings. The average molecular weight is 354 g/mol. The third-order valence-corrected chi connectivity index (χ3v) is 5.45. The van der Waals surface area contributed by atoms with Gasteiger partial charge in [-0.2, -0.15) is 0 Å². The molecule has 6 heteroatoms. The second kappa shape index (κ2) is 7.99. The van der Waals surface area contributed by atoms with Crippen LogP contribution in [-0.4, -0.2) is 52.1 Å². The first-order valence-electron chi connectivity index (χ1n) is 9.68. The van der Waals surface area contributed by atoms with E-state index in [4.69, 9.17) is 4.42 Å². The fourth-order valence-corrected chi connectivity index (χ4v) is 3.92. The third kappa shape index (κ3) is 3.96. The van der Waals surface area contributed by atoms with Crippen molar-refractivity contribution in [3.05, 3.63) is 36.2 Å². The van der Waals surface area contributed by atoms with Crippen molar-refractivity contribution in [1.29, 1.82) is 0 Å². The van der Waals surface area contributed by atoms with Crippen molar-refractivity contribution in [2.75, 3.05) is 26.2 Å². The molecule has 2 aliphatic heterocycles. The van der Waals surface area contributed by atoms with E-state index >= 15 is 0 Å². The minimum atomic E-state index is 0.187. The number of hydrogen-bond acceptors (Lipinski definition) is 5. The molecule has 0 bridgehead atoms. The summed E-state index contributed by atoms with van der Waals surface area (Å²) in [5, 5.41) is 8.33. The highest BCUT2D eigenvalue weighted by atomic mass is 16.4. The van der Waals surface area contributed by atoms with Crippen LogP contribution in [-0.2, 0) is 11.3 Å². The van der Waals surface area contributed by atoms with Crippen LogP contribution in [0.4, 0.5) is 0 Å². The molecule has 1 aromatic heterocycles. The highest BCUT2D eigenvalue weighted by Crippen LogP contribution is 2.24. The van der Waals surface area contributed by atoms with Gasteiger partial charge in [0.2, 0.25) is 17.7 Å². The summed E-state index contributed by atoms with van der Waals surface area (Å²) in [6, 6.07) is 9.83. The van der Waals surface area contributed by atoms with Gasteiger partial charge in [0.15, 0.2) is 0 Å². The van der Waals surface area contributed by atoms with Gasteiger partial charge >= 0.3 is 0 Å². The molecule has 3 heterocycles. The van der Waals surface area contributed by atoms with Crippen LogP contribution >= 0.6 is 0 Å². The van der Waals surface area contributed by atoms with Crippen LogP contribution < -0.4 is 0 Å². The van der Waals surface area contributed by atoms with Gasteiger partial charge < -0.3 is 9.32 Å². The van der Waals surface area contributed by atoms with Crippen LogP contribution in [0.3, 0.4) is 0 Å². The Labute approximate surface area is 154 Å². The van der Waals surface area contributed by atoms with Crippen LogP contribution in [0.2, 0.25) is 0 Å². The topological polar surface area (TPSA) is 62.5 Å². The fraction of sp³-hybridized carbons (Fsp3) is 0.550. The molecule has 1 amide bonds. The Morgan fingerprint density at radius 1 is 1.00 bits per heavy atom. The van der Waals surface area contributed by atoms with Gasteiger partial charge in [-0.25, -0.2) is 0 Å². The molecule has 6 nitrogen and oxygen atoms in total. The van der Waals surface area contributed by atoms with E-state index in [0.717, 1.165) is 57.4 Å². The summed E-state index contributed by atoms with van der Waals surface area (Å²) < 4.78 is 5.80. The Kier molecular flexibility index (Phi) is 5.29. The largest absolute Gasteiger partial charge is 0.419 e. The number of amides is 1. The van der Waals surface area contributed by atoms with Crippen molar-refractivity contribution in [1.82, 2.24) is 20.0 Å². The molecule has 0 aliphatic carbocycles. The Hall–Kier alpha value is -2.21. The van der Waals surface area contributed by atoms with E-state index in [2.05, 4.69) is 20.0 Å². The molecule has 2 aliphatic rings. The van der Waals surface area contributed by atoms with Crippen LogP contribution in [0.1, 0.15) is 38.0 Å². The van der Waals surface area contributed by atoms with Crippen molar-refractivity contribution < 1.29 is 9.21 Å². The number of rotatable bonds is 4. The summed E-state index contributed by atoms with van der Waals surface area (Å²) in [5.74, 6) is 1.76. The second-order valence-corrected chi connectivity index (χ2v) is 7.30. The summed E-state index contributed by atoms with van der Waals surface area (Å²) in [5.41, 5.74) is 0.942. The Bertz CT molecular complexity index is 716. The predicted molar refractivity (Wildman–Crippen MR) is 98.2 cm³/mol. The lowest BCUT2D eigenvalue weighted by Gasteiger charge is -2.35. The maximum atomic E-state index is 12.6. The zero-order valence-electron chi connectivity index (χ0n) is 15.1. The summed E-state index contributed by atoms with van der Waals surface area (Å²) in [4.78, 5) is 17.0. The number of hydrogen-bond donors (Lipinski definition) is 0. The molecular weight excluding hydrogens is 328 g/mol. The van der Waals surface area contributed by atoms with E-state index < -0.39 is 0 Å².